The number of fused-ring (bicyclic) bond motifs is 1. The second kappa shape index (κ2) is 3.98. The highest BCUT2D eigenvalue weighted by molar-refractivity contribution is 5.41. The third-order valence-corrected chi connectivity index (χ3v) is 3.36. The van der Waals surface area contributed by atoms with E-state index in [2.05, 4.69) is 6.07 Å². The average Bonchev–Trinajstić information content (AvgIpc) is 2.80. The lowest BCUT2D eigenvalue weighted by Crippen LogP contribution is -2.46. The summed E-state index contributed by atoms with van der Waals surface area (Å²) >= 11 is 0. The van der Waals surface area contributed by atoms with Crippen molar-refractivity contribution in [2.75, 3.05) is 19.8 Å². The van der Waals surface area contributed by atoms with Crippen LogP contribution in [0, 0.1) is 0 Å². The molecular weight excluding hydrogens is 218 g/mol. The van der Waals surface area contributed by atoms with Crippen LogP contribution in [0.4, 0.5) is 0 Å². The van der Waals surface area contributed by atoms with E-state index in [0.29, 0.717) is 13.2 Å². The molecule has 92 valence electrons. The zero-order valence-corrected chi connectivity index (χ0v) is 9.94. The molecule has 0 atom stereocenters. The molecule has 2 N–H and O–H groups in total. The summed E-state index contributed by atoms with van der Waals surface area (Å²) in [5.74, 6) is 0.304. The van der Waals surface area contributed by atoms with Crippen molar-refractivity contribution in [3.8, 4) is 5.75 Å². The molecule has 1 aromatic carbocycles. The highest BCUT2D eigenvalue weighted by Gasteiger charge is 2.34. The molecular formula is C13H17NO3. The maximum absolute atomic E-state index is 5.75. The molecule has 0 aromatic heterocycles. The minimum Gasteiger partial charge on any atom is -0.493 e. The van der Waals surface area contributed by atoms with Crippen molar-refractivity contribution in [3.63, 3.8) is 0 Å². The van der Waals surface area contributed by atoms with Gasteiger partial charge in [0, 0.05) is 12.0 Å². The molecule has 3 rings (SSSR count). The van der Waals surface area contributed by atoms with Crippen molar-refractivity contribution < 1.29 is 14.2 Å². The van der Waals surface area contributed by atoms with Gasteiger partial charge in [0.15, 0.2) is 5.79 Å². The van der Waals surface area contributed by atoms with Crippen LogP contribution >= 0.6 is 0 Å². The molecule has 1 aromatic rings. The van der Waals surface area contributed by atoms with Crippen LogP contribution in [0.3, 0.4) is 0 Å². The zero-order chi connectivity index (χ0) is 11.9. The molecule has 0 aliphatic carbocycles. The minimum atomic E-state index is -0.673. The van der Waals surface area contributed by atoms with Gasteiger partial charge in [-0.15, -0.1) is 0 Å². The highest BCUT2D eigenvalue weighted by Crippen LogP contribution is 2.34. The number of rotatable bonds is 1. The summed E-state index contributed by atoms with van der Waals surface area (Å²) in [6.07, 6.45) is 0.957. The van der Waals surface area contributed by atoms with E-state index in [9.17, 15) is 0 Å². The Morgan fingerprint density at radius 3 is 2.82 bits per heavy atom. The summed E-state index contributed by atoms with van der Waals surface area (Å²) in [7, 11) is 0. The second-order valence-electron chi connectivity index (χ2n) is 4.75. The van der Waals surface area contributed by atoms with Crippen molar-refractivity contribution in [2.24, 2.45) is 5.73 Å². The third-order valence-electron chi connectivity index (χ3n) is 3.36. The largest absolute Gasteiger partial charge is 0.493 e. The van der Waals surface area contributed by atoms with E-state index in [1.54, 1.807) is 0 Å². The van der Waals surface area contributed by atoms with Gasteiger partial charge in [-0.3, -0.25) is 0 Å². The Hall–Kier alpha value is -1.10. The van der Waals surface area contributed by atoms with Gasteiger partial charge in [-0.1, -0.05) is 0 Å². The van der Waals surface area contributed by atoms with E-state index in [-0.39, 0.29) is 6.04 Å². The van der Waals surface area contributed by atoms with E-state index in [4.69, 9.17) is 19.9 Å². The summed E-state index contributed by atoms with van der Waals surface area (Å²) in [6, 6.07) is 6.07. The maximum atomic E-state index is 5.75. The van der Waals surface area contributed by atoms with Gasteiger partial charge in [0.2, 0.25) is 0 Å². The summed E-state index contributed by atoms with van der Waals surface area (Å²) in [5, 5.41) is 0. The van der Waals surface area contributed by atoms with Crippen molar-refractivity contribution in [2.45, 2.75) is 25.2 Å². The number of benzene rings is 1. The molecule has 1 fully saturated rings. The second-order valence-corrected chi connectivity index (χ2v) is 4.75. The average molecular weight is 235 g/mol. The lowest BCUT2D eigenvalue weighted by atomic mass is 10.0. The number of ether oxygens (including phenoxy) is 3. The summed E-state index contributed by atoms with van der Waals surface area (Å²) in [6.45, 7) is 3.77. The third kappa shape index (κ3) is 1.92. The Morgan fingerprint density at radius 2 is 2.06 bits per heavy atom. The van der Waals surface area contributed by atoms with Crippen LogP contribution in [0.25, 0.3) is 0 Å². The molecule has 2 aliphatic rings. The van der Waals surface area contributed by atoms with Gasteiger partial charge >= 0.3 is 0 Å². The van der Waals surface area contributed by atoms with E-state index in [1.165, 1.54) is 5.56 Å². The van der Waals surface area contributed by atoms with Crippen molar-refractivity contribution in [1.82, 2.24) is 0 Å². The molecule has 17 heavy (non-hydrogen) atoms. The molecule has 0 bridgehead atoms. The van der Waals surface area contributed by atoms with Crippen LogP contribution < -0.4 is 10.5 Å². The first-order chi connectivity index (χ1) is 8.17. The first-order valence-electron chi connectivity index (χ1n) is 5.97. The number of nitrogens with two attached hydrogens (primary N) is 1. The molecule has 0 saturated carbocycles. The summed E-state index contributed by atoms with van der Waals surface area (Å²) in [4.78, 5) is 0. The Morgan fingerprint density at radius 1 is 1.29 bits per heavy atom. The van der Waals surface area contributed by atoms with E-state index >= 15 is 0 Å². The van der Waals surface area contributed by atoms with Crippen LogP contribution in [0.15, 0.2) is 18.2 Å². The van der Waals surface area contributed by atoms with Crippen molar-refractivity contribution in [1.29, 1.82) is 0 Å². The minimum absolute atomic E-state index is 0.0270. The molecule has 0 radical (unpaired) electrons. The van der Waals surface area contributed by atoms with Gasteiger partial charge < -0.3 is 19.9 Å². The first-order valence-corrected chi connectivity index (χ1v) is 5.97. The molecule has 1 saturated heterocycles. The molecule has 0 spiro atoms. The van der Waals surface area contributed by atoms with Gasteiger partial charge in [-0.05, 0) is 30.7 Å². The Labute approximate surface area is 101 Å². The standard InChI is InChI=1S/C13H17NO3/c1-13(16-7-11(14)8-17-13)10-2-3-12-9(6-10)4-5-15-12/h2-3,6,11H,4-5,7-8,14H2,1H3. The van der Waals surface area contributed by atoms with Gasteiger partial charge in [0.05, 0.1) is 25.9 Å². The lowest BCUT2D eigenvalue weighted by Gasteiger charge is -2.36. The molecule has 0 unspecified atom stereocenters. The molecule has 4 heteroatoms. The normalized spacial score (nSPS) is 32.0. The molecule has 4 nitrogen and oxygen atoms in total. The molecule has 2 heterocycles. The number of hydrogen-bond acceptors (Lipinski definition) is 4. The molecule has 2 aliphatic heterocycles. The van der Waals surface area contributed by atoms with E-state index < -0.39 is 5.79 Å². The van der Waals surface area contributed by atoms with Crippen molar-refractivity contribution >= 4 is 0 Å². The SMILES string of the molecule is CC1(c2ccc3c(c2)CCO3)OCC(N)CO1. The van der Waals surface area contributed by atoms with Gasteiger partial charge in [-0.2, -0.15) is 0 Å². The summed E-state index contributed by atoms with van der Waals surface area (Å²) < 4.78 is 17.0. The zero-order valence-electron chi connectivity index (χ0n) is 9.94. The summed E-state index contributed by atoms with van der Waals surface area (Å²) in [5.41, 5.74) is 8.02. The van der Waals surface area contributed by atoms with Crippen molar-refractivity contribution in [3.05, 3.63) is 29.3 Å². The predicted molar refractivity (Wildman–Crippen MR) is 62.9 cm³/mol. The Balaban J connectivity index is 1.88. The monoisotopic (exact) mass is 235 g/mol. The topological polar surface area (TPSA) is 53.7 Å². The molecule has 0 amide bonds. The number of hydrogen-bond donors (Lipinski definition) is 1. The maximum Gasteiger partial charge on any atom is 0.192 e. The van der Waals surface area contributed by atoms with Crippen LogP contribution in [-0.2, 0) is 21.7 Å². The Kier molecular flexibility index (Phi) is 2.58. The Bertz CT molecular complexity index is 425. The van der Waals surface area contributed by atoms with Crippen LogP contribution in [0.2, 0.25) is 0 Å². The lowest BCUT2D eigenvalue weighted by molar-refractivity contribution is -0.270. The van der Waals surface area contributed by atoms with Gasteiger partial charge in [-0.25, -0.2) is 0 Å². The van der Waals surface area contributed by atoms with E-state index in [1.807, 2.05) is 19.1 Å². The quantitative estimate of drug-likeness (QED) is 0.794. The fourth-order valence-electron chi connectivity index (χ4n) is 2.26. The van der Waals surface area contributed by atoms with Gasteiger partial charge in [0.25, 0.3) is 0 Å². The van der Waals surface area contributed by atoms with Crippen LogP contribution in [0.1, 0.15) is 18.1 Å². The van der Waals surface area contributed by atoms with E-state index in [0.717, 1.165) is 24.3 Å². The first kappa shape index (κ1) is 11.0. The fourth-order valence-corrected chi connectivity index (χ4v) is 2.26. The predicted octanol–water partition coefficient (Wildman–Crippen LogP) is 1.17. The highest BCUT2D eigenvalue weighted by atomic mass is 16.7. The smallest absolute Gasteiger partial charge is 0.192 e. The fraction of sp³-hybridized carbons (Fsp3) is 0.538. The van der Waals surface area contributed by atoms with Gasteiger partial charge in [0.1, 0.15) is 5.75 Å². The van der Waals surface area contributed by atoms with Crippen LogP contribution in [0.5, 0.6) is 5.75 Å². The van der Waals surface area contributed by atoms with Crippen LogP contribution in [-0.4, -0.2) is 25.9 Å².